The van der Waals surface area contributed by atoms with E-state index in [0.29, 0.717) is 34.3 Å². The van der Waals surface area contributed by atoms with E-state index in [4.69, 9.17) is 13.9 Å². The van der Waals surface area contributed by atoms with Crippen molar-refractivity contribution in [2.24, 2.45) is 0 Å². The number of fused-ring (bicyclic) bond motifs is 1. The van der Waals surface area contributed by atoms with Crippen LogP contribution in [0.25, 0.3) is 11.0 Å². The summed E-state index contributed by atoms with van der Waals surface area (Å²) >= 11 is 0. The average Bonchev–Trinajstić information content (AvgIpc) is 3.00. The van der Waals surface area contributed by atoms with Gasteiger partial charge in [0.25, 0.3) is 0 Å². The molecule has 0 saturated carbocycles. The fourth-order valence-corrected chi connectivity index (χ4v) is 2.33. The molecule has 0 aliphatic carbocycles. The summed E-state index contributed by atoms with van der Waals surface area (Å²) in [4.78, 5) is 23.0. The van der Waals surface area contributed by atoms with E-state index in [9.17, 15) is 9.59 Å². The van der Waals surface area contributed by atoms with Gasteiger partial charge in [0.1, 0.15) is 17.1 Å². The fraction of sp³-hybridized carbons (Fsp3) is 0.158. The van der Waals surface area contributed by atoms with Crippen LogP contribution in [-0.2, 0) is 4.74 Å². The van der Waals surface area contributed by atoms with Crippen LogP contribution in [0, 0.1) is 6.92 Å². The third-order valence-corrected chi connectivity index (χ3v) is 3.49. The van der Waals surface area contributed by atoms with Gasteiger partial charge in [-0.1, -0.05) is 17.7 Å². The first-order chi connectivity index (χ1) is 11.6. The van der Waals surface area contributed by atoms with Gasteiger partial charge >= 0.3 is 5.97 Å². The molecule has 0 spiro atoms. The van der Waals surface area contributed by atoms with Crippen molar-refractivity contribution in [2.75, 3.05) is 6.61 Å². The van der Waals surface area contributed by atoms with Gasteiger partial charge in [-0.15, -0.1) is 0 Å². The number of ether oxygens (including phenoxy) is 2. The first kappa shape index (κ1) is 15.8. The fourth-order valence-electron chi connectivity index (χ4n) is 2.33. The molecule has 1 aromatic heterocycles. The van der Waals surface area contributed by atoms with E-state index in [2.05, 4.69) is 0 Å². The first-order valence-electron chi connectivity index (χ1n) is 7.55. The van der Waals surface area contributed by atoms with Gasteiger partial charge in [-0.25, -0.2) is 4.79 Å². The summed E-state index contributed by atoms with van der Waals surface area (Å²) < 4.78 is 16.3. The molecule has 2 aromatic carbocycles. The second kappa shape index (κ2) is 6.58. The summed E-state index contributed by atoms with van der Waals surface area (Å²) in [6, 6.07) is 12.2. The highest BCUT2D eigenvalue weighted by Crippen LogP contribution is 2.33. The minimum atomic E-state index is -0.475. The molecule has 0 saturated heterocycles. The lowest BCUT2D eigenvalue weighted by Crippen LogP contribution is -2.04. The molecule has 0 N–H and O–H groups in total. The van der Waals surface area contributed by atoms with Gasteiger partial charge in [0.15, 0.2) is 12.0 Å². The van der Waals surface area contributed by atoms with Crippen LogP contribution in [0.15, 0.2) is 46.9 Å². The summed E-state index contributed by atoms with van der Waals surface area (Å²) in [5, 5.41) is 0.616. The zero-order valence-corrected chi connectivity index (χ0v) is 13.4. The smallest absolute Gasteiger partial charge is 0.338 e. The number of aryl methyl sites for hydroxylation is 1. The van der Waals surface area contributed by atoms with Gasteiger partial charge in [-0.2, -0.15) is 0 Å². The molecule has 5 nitrogen and oxygen atoms in total. The van der Waals surface area contributed by atoms with E-state index < -0.39 is 5.97 Å². The van der Waals surface area contributed by atoms with Crippen molar-refractivity contribution in [2.45, 2.75) is 13.8 Å². The van der Waals surface area contributed by atoms with E-state index in [-0.39, 0.29) is 12.4 Å². The highest BCUT2D eigenvalue weighted by molar-refractivity contribution is 5.98. The van der Waals surface area contributed by atoms with Crippen molar-refractivity contribution in [1.82, 2.24) is 0 Å². The highest BCUT2D eigenvalue weighted by Gasteiger charge is 2.16. The number of aldehydes is 1. The van der Waals surface area contributed by atoms with Gasteiger partial charge in [0.05, 0.1) is 17.6 Å². The quantitative estimate of drug-likeness (QED) is 0.510. The molecule has 0 fully saturated rings. The molecule has 0 amide bonds. The lowest BCUT2D eigenvalue weighted by atomic mass is 10.1. The number of benzene rings is 2. The molecular weight excluding hydrogens is 308 g/mol. The minimum Gasteiger partial charge on any atom is -0.462 e. The molecule has 24 heavy (non-hydrogen) atoms. The molecule has 0 atom stereocenters. The predicted octanol–water partition coefficient (Wildman–Crippen LogP) is 4.52. The Morgan fingerprint density at radius 1 is 1.17 bits per heavy atom. The summed E-state index contributed by atoms with van der Waals surface area (Å²) in [7, 11) is 0. The van der Waals surface area contributed by atoms with Crippen LogP contribution in [0.4, 0.5) is 0 Å². The Kier molecular flexibility index (Phi) is 4.33. The number of hydrogen-bond donors (Lipinski definition) is 0. The molecule has 3 rings (SSSR count). The van der Waals surface area contributed by atoms with Gasteiger partial charge in [-0.3, -0.25) is 4.79 Å². The third-order valence-electron chi connectivity index (χ3n) is 3.49. The summed E-state index contributed by atoms with van der Waals surface area (Å²) in [6.07, 6.45) is 0.611. The van der Waals surface area contributed by atoms with Crippen LogP contribution < -0.4 is 4.74 Å². The SMILES string of the molecule is CCOC(=O)c1cc(Oc2ccc(C)cc2)c2cc(C=O)oc2c1. The van der Waals surface area contributed by atoms with Crippen molar-refractivity contribution in [3.63, 3.8) is 0 Å². The van der Waals surface area contributed by atoms with Crippen LogP contribution in [0.3, 0.4) is 0 Å². The number of carbonyl (C=O) groups excluding carboxylic acids is 2. The molecular formula is C19H16O5. The minimum absolute atomic E-state index is 0.166. The van der Waals surface area contributed by atoms with E-state index in [1.165, 1.54) is 0 Å². The lowest BCUT2D eigenvalue weighted by Gasteiger charge is -2.09. The van der Waals surface area contributed by atoms with Crippen LogP contribution in [0.1, 0.15) is 33.4 Å². The number of furan rings is 1. The molecule has 0 aliphatic heterocycles. The zero-order valence-electron chi connectivity index (χ0n) is 13.4. The van der Waals surface area contributed by atoms with Crippen LogP contribution >= 0.6 is 0 Å². The highest BCUT2D eigenvalue weighted by atomic mass is 16.5. The molecule has 122 valence electrons. The maximum atomic E-state index is 12.0. The van der Waals surface area contributed by atoms with Crippen molar-refractivity contribution >= 4 is 23.2 Å². The van der Waals surface area contributed by atoms with Gasteiger partial charge < -0.3 is 13.9 Å². The Morgan fingerprint density at radius 2 is 1.92 bits per heavy atom. The average molecular weight is 324 g/mol. The Bertz CT molecular complexity index is 890. The number of esters is 1. The van der Waals surface area contributed by atoms with Gasteiger partial charge in [0, 0.05) is 0 Å². The predicted molar refractivity (Wildman–Crippen MR) is 88.8 cm³/mol. The topological polar surface area (TPSA) is 65.7 Å². The van der Waals surface area contributed by atoms with E-state index in [1.807, 2.05) is 31.2 Å². The molecule has 0 unspecified atom stereocenters. The van der Waals surface area contributed by atoms with Crippen molar-refractivity contribution in [3.05, 3.63) is 59.4 Å². The molecule has 3 aromatic rings. The summed E-state index contributed by atoms with van der Waals surface area (Å²) in [6.45, 7) is 3.98. The maximum Gasteiger partial charge on any atom is 0.338 e. The molecule has 0 radical (unpaired) electrons. The Hall–Kier alpha value is -3.08. The summed E-state index contributed by atoms with van der Waals surface area (Å²) in [5.74, 6) is 0.741. The molecule has 0 bridgehead atoms. The van der Waals surface area contributed by atoms with E-state index in [1.54, 1.807) is 25.1 Å². The summed E-state index contributed by atoms with van der Waals surface area (Å²) in [5.41, 5.74) is 1.81. The Morgan fingerprint density at radius 3 is 2.58 bits per heavy atom. The number of hydrogen-bond acceptors (Lipinski definition) is 5. The Labute approximate surface area is 138 Å². The van der Waals surface area contributed by atoms with Crippen molar-refractivity contribution < 1.29 is 23.5 Å². The molecule has 0 aliphatic rings. The second-order valence-corrected chi connectivity index (χ2v) is 5.29. The second-order valence-electron chi connectivity index (χ2n) is 5.29. The van der Waals surface area contributed by atoms with E-state index >= 15 is 0 Å². The normalized spacial score (nSPS) is 10.6. The lowest BCUT2D eigenvalue weighted by molar-refractivity contribution is 0.0526. The van der Waals surface area contributed by atoms with Crippen LogP contribution in [0.5, 0.6) is 11.5 Å². The van der Waals surface area contributed by atoms with Crippen molar-refractivity contribution in [1.29, 1.82) is 0 Å². The first-order valence-corrected chi connectivity index (χ1v) is 7.55. The Balaban J connectivity index is 2.08. The van der Waals surface area contributed by atoms with Crippen LogP contribution in [-0.4, -0.2) is 18.9 Å². The monoisotopic (exact) mass is 324 g/mol. The zero-order chi connectivity index (χ0) is 17.1. The largest absolute Gasteiger partial charge is 0.462 e. The molecule has 1 heterocycles. The molecule has 5 heteroatoms. The van der Waals surface area contributed by atoms with Crippen LogP contribution in [0.2, 0.25) is 0 Å². The maximum absolute atomic E-state index is 12.0. The standard InChI is InChI=1S/C19H16O5/c1-3-22-19(21)13-8-17(23-14-6-4-12(2)5-7-14)16-10-15(11-20)24-18(16)9-13/h4-11H,3H2,1-2H3. The number of carbonyl (C=O) groups is 2. The van der Waals surface area contributed by atoms with Gasteiger partial charge in [0.2, 0.25) is 0 Å². The van der Waals surface area contributed by atoms with Crippen molar-refractivity contribution in [3.8, 4) is 11.5 Å². The number of rotatable bonds is 5. The third kappa shape index (κ3) is 3.15. The van der Waals surface area contributed by atoms with Gasteiger partial charge in [-0.05, 0) is 44.2 Å². The van der Waals surface area contributed by atoms with E-state index in [0.717, 1.165) is 5.56 Å².